The van der Waals surface area contributed by atoms with Gasteiger partial charge in [-0.1, -0.05) is 6.92 Å². The molecule has 2 unspecified atom stereocenters. The highest BCUT2D eigenvalue weighted by molar-refractivity contribution is 6.02. The van der Waals surface area contributed by atoms with Gasteiger partial charge in [-0.25, -0.2) is 0 Å². The molecule has 1 heterocycles. The maximum absolute atomic E-state index is 11.6. The number of carbonyl (C=O) groups is 2. The lowest BCUT2D eigenvalue weighted by atomic mass is 9.84. The van der Waals surface area contributed by atoms with Crippen LogP contribution < -0.4 is 0 Å². The molecule has 2 rings (SSSR count). The molecule has 0 aromatic carbocycles. The molecule has 1 N–H and O–H groups in total. The third-order valence-electron chi connectivity index (χ3n) is 2.74. The molecule has 1 aliphatic heterocycles. The first-order valence-electron chi connectivity index (χ1n) is 4.71. The molecular weight excluding hydrogens is 184 g/mol. The quantitative estimate of drug-likeness (QED) is 0.678. The molecule has 0 fully saturated rings. The Bertz CT molecular complexity index is 329. The normalized spacial score (nSPS) is 31.4. The minimum atomic E-state index is -0.960. The van der Waals surface area contributed by atoms with Crippen LogP contribution in [0.5, 0.6) is 0 Å². The van der Waals surface area contributed by atoms with Gasteiger partial charge < -0.3 is 9.84 Å². The van der Waals surface area contributed by atoms with Crippen molar-refractivity contribution >= 4 is 11.8 Å². The van der Waals surface area contributed by atoms with Crippen LogP contribution in [0.15, 0.2) is 11.3 Å². The number of hydrogen-bond donors (Lipinski definition) is 1. The molecule has 2 aliphatic rings. The molecule has 0 spiro atoms. The van der Waals surface area contributed by atoms with Crippen molar-refractivity contribution < 1.29 is 19.4 Å². The van der Waals surface area contributed by atoms with Crippen molar-refractivity contribution in [2.24, 2.45) is 11.8 Å². The van der Waals surface area contributed by atoms with Crippen LogP contribution >= 0.6 is 0 Å². The molecule has 0 aromatic rings. The molecule has 0 bridgehead atoms. The largest absolute Gasteiger partial charge is 0.496 e. The van der Waals surface area contributed by atoms with Gasteiger partial charge in [-0.05, 0) is 5.92 Å². The lowest BCUT2D eigenvalue weighted by Crippen LogP contribution is -2.24. The summed E-state index contributed by atoms with van der Waals surface area (Å²) in [5.41, 5.74) is 0.413. The molecule has 0 saturated carbocycles. The number of ketones is 1. The van der Waals surface area contributed by atoms with Crippen LogP contribution in [0.2, 0.25) is 0 Å². The number of carboxylic acid groups (broad SMARTS) is 1. The van der Waals surface area contributed by atoms with E-state index in [0.717, 1.165) is 0 Å². The lowest BCUT2D eigenvalue weighted by molar-refractivity contribution is -0.141. The zero-order valence-electron chi connectivity index (χ0n) is 7.95. The highest BCUT2D eigenvalue weighted by Gasteiger charge is 2.40. The first-order chi connectivity index (χ1) is 6.59. The molecule has 2 atom stereocenters. The van der Waals surface area contributed by atoms with Gasteiger partial charge in [-0.15, -0.1) is 0 Å². The molecule has 0 amide bonds. The lowest BCUT2D eigenvalue weighted by Gasteiger charge is -2.18. The molecule has 4 heteroatoms. The Balaban J connectivity index is 2.33. The van der Waals surface area contributed by atoms with Gasteiger partial charge in [0, 0.05) is 12.8 Å². The van der Waals surface area contributed by atoms with Crippen LogP contribution in [0.25, 0.3) is 0 Å². The molecule has 76 valence electrons. The van der Waals surface area contributed by atoms with Crippen molar-refractivity contribution in [1.29, 1.82) is 0 Å². The average Bonchev–Trinajstić information content (AvgIpc) is 2.47. The standard InChI is InChI=1S/C10H12O4/c1-5-2-7(11)9-6(10(12)13)4-14-8(9)3-5/h5-6H,2-4H2,1H3,(H,12,13). The fourth-order valence-electron chi connectivity index (χ4n) is 2.07. The highest BCUT2D eigenvalue weighted by Crippen LogP contribution is 2.36. The molecule has 0 saturated heterocycles. The first-order valence-corrected chi connectivity index (χ1v) is 4.71. The van der Waals surface area contributed by atoms with E-state index in [1.807, 2.05) is 6.92 Å². The van der Waals surface area contributed by atoms with Gasteiger partial charge in [0.2, 0.25) is 0 Å². The second-order valence-electron chi connectivity index (χ2n) is 3.98. The van der Waals surface area contributed by atoms with E-state index >= 15 is 0 Å². The van der Waals surface area contributed by atoms with E-state index in [0.29, 0.717) is 24.2 Å². The van der Waals surface area contributed by atoms with Crippen LogP contribution in [0.1, 0.15) is 19.8 Å². The summed E-state index contributed by atoms with van der Waals surface area (Å²) in [4.78, 5) is 22.4. The smallest absolute Gasteiger partial charge is 0.314 e. The van der Waals surface area contributed by atoms with Gasteiger partial charge in [-0.3, -0.25) is 9.59 Å². The van der Waals surface area contributed by atoms with E-state index in [-0.39, 0.29) is 18.3 Å². The molecule has 14 heavy (non-hydrogen) atoms. The van der Waals surface area contributed by atoms with Crippen LogP contribution in [-0.4, -0.2) is 23.5 Å². The van der Waals surface area contributed by atoms with Gasteiger partial charge >= 0.3 is 5.97 Å². The van der Waals surface area contributed by atoms with E-state index in [1.54, 1.807) is 0 Å². The van der Waals surface area contributed by atoms with E-state index < -0.39 is 11.9 Å². The Kier molecular flexibility index (Phi) is 2.06. The summed E-state index contributed by atoms with van der Waals surface area (Å²) in [6.07, 6.45) is 1.15. The number of rotatable bonds is 1. The minimum absolute atomic E-state index is 0.0522. The second kappa shape index (κ2) is 3.12. The van der Waals surface area contributed by atoms with Crippen molar-refractivity contribution in [2.45, 2.75) is 19.8 Å². The summed E-state index contributed by atoms with van der Waals surface area (Å²) in [6.45, 7) is 2.09. The maximum Gasteiger partial charge on any atom is 0.314 e. The number of hydrogen-bond acceptors (Lipinski definition) is 3. The monoisotopic (exact) mass is 196 g/mol. The Hall–Kier alpha value is -1.32. The number of Topliss-reactive ketones (excluding diaryl/α,β-unsaturated/α-hetero) is 1. The van der Waals surface area contributed by atoms with E-state index in [4.69, 9.17) is 9.84 Å². The number of ether oxygens (including phenoxy) is 1. The minimum Gasteiger partial charge on any atom is -0.496 e. The number of allylic oxidation sites excluding steroid dienone is 1. The number of carboxylic acids is 1. The SMILES string of the molecule is CC1CC(=O)C2=C(C1)OCC2C(=O)O. The van der Waals surface area contributed by atoms with Crippen LogP contribution in [0.3, 0.4) is 0 Å². The maximum atomic E-state index is 11.6. The van der Waals surface area contributed by atoms with Crippen molar-refractivity contribution in [3.05, 3.63) is 11.3 Å². The van der Waals surface area contributed by atoms with Crippen molar-refractivity contribution in [3.63, 3.8) is 0 Å². The highest BCUT2D eigenvalue weighted by atomic mass is 16.5. The van der Waals surface area contributed by atoms with Crippen molar-refractivity contribution in [2.75, 3.05) is 6.61 Å². The van der Waals surface area contributed by atoms with E-state index in [9.17, 15) is 9.59 Å². The zero-order valence-corrected chi connectivity index (χ0v) is 7.95. The Morgan fingerprint density at radius 1 is 1.50 bits per heavy atom. The summed E-state index contributed by atoms with van der Waals surface area (Å²) in [6, 6.07) is 0. The second-order valence-corrected chi connectivity index (χ2v) is 3.98. The Labute approximate surface area is 81.6 Å². The third-order valence-corrected chi connectivity index (χ3v) is 2.74. The number of aliphatic carboxylic acids is 1. The molecule has 0 aromatic heterocycles. The summed E-state index contributed by atoms with van der Waals surface area (Å²) >= 11 is 0. The summed E-state index contributed by atoms with van der Waals surface area (Å²) < 4.78 is 5.25. The predicted molar refractivity (Wildman–Crippen MR) is 47.5 cm³/mol. The van der Waals surface area contributed by atoms with Gasteiger partial charge in [0.25, 0.3) is 0 Å². The van der Waals surface area contributed by atoms with Crippen molar-refractivity contribution in [3.8, 4) is 0 Å². The summed E-state index contributed by atoms with van der Waals surface area (Å²) in [5.74, 6) is -0.860. The summed E-state index contributed by atoms with van der Waals surface area (Å²) in [7, 11) is 0. The average molecular weight is 196 g/mol. The third kappa shape index (κ3) is 1.31. The van der Waals surface area contributed by atoms with Crippen LogP contribution in [-0.2, 0) is 14.3 Å². The van der Waals surface area contributed by atoms with Crippen molar-refractivity contribution in [1.82, 2.24) is 0 Å². The number of carbonyl (C=O) groups excluding carboxylic acids is 1. The molecule has 0 radical (unpaired) electrons. The van der Waals surface area contributed by atoms with Gasteiger partial charge in [0.1, 0.15) is 18.3 Å². The first kappa shape index (κ1) is 9.24. The van der Waals surface area contributed by atoms with E-state index in [2.05, 4.69) is 0 Å². The molecule has 4 nitrogen and oxygen atoms in total. The summed E-state index contributed by atoms with van der Waals surface area (Å²) in [5, 5.41) is 8.87. The van der Waals surface area contributed by atoms with Gasteiger partial charge in [-0.2, -0.15) is 0 Å². The molecule has 1 aliphatic carbocycles. The molecular formula is C10H12O4. The van der Waals surface area contributed by atoms with Gasteiger partial charge in [0.05, 0.1) is 5.57 Å². The Morgan fingerprint density at radius 3 is 2.86 bits per heavy atom. The fourth-order valence-corrected chi connectivity index (χ4v) is 2.07. The van der Waals surface area contributed by atoms with Gasteiger partial charge in [0.15, 0.2) is 5.78 Å². The van der Waals surface area contributed by atoms with Crippen LogP contribution in [0, 0.1) is 11.8 Å². The predicted octanol–water partition coefficient (Wildman–Crippen LogP) is 0.970. The fraction of sp³-hybridized carbons (Fsp3) is 0.600. The van der Waals surface area contributed by atoms with Crippen LogP contribution in [0.4, 0.5) is 0 Å². The topological polar surface area (TPSA) is 63.6 Å². The van der Waals surface area contributed by atoms with E-state index in [1.165, 1.54) is 0 Å². The zero-order chi connectivity index (χ0) is 10.3. The Morgan fingerprint density at radius 2 is 2.21 bits per heavy atom.